The Hall–Kier alpha value is -4.00. The summed E-state index contributed by atoms with van der Waals surface area (Å²) in [6.07, 6.45) is 2.88. The number of nitriles is 1. The SMILES string of the molecule is CCCCn1c(O)c(/C=N/Nc2nnnn2-c2ccccc2)c(C)c(C#N)c1=O. The summed E-state index contributed by atoms with van der Waals surface area (Å²) >= 11 is 0. The number of hydrogen-bond acceptors (Lipinski definition) is 8. The van der Waals surface area contributed by atoms with Gasteiger partial charge in [-0.05, 0) is 41.5 Å². The molecule has 0 saturated heterocycles. The van der Waals surface area contributed by atoms with Gasteiger partial charge in [-0.2, -0.15) is 15.0 Å². The van der Waals surface area contributed by atoms with E-state index in [0.29, 0.717) is 18.5 Å². The molecule has 0 radical (unpaired) electrons. The second-order valence-electron chi connectivity index (χ2n) is 6.28. The first-order valence-corrected chi connectivity index (χ1v) is 9.07. The number of aromatic hydroxyl groups is 1. The standard InChI is InChI=1S/C19H20N8O2/c1-3-4-10-26-17(28)15(11-20)13(2)16(18(26)29)12-21-22-19-23-24-25-27(19)14-8-6-5-7-9-14/h5-9,12,29H,3-4,10H2,1-2H3,(H,22,23,25)/b21-12+. The van der Waals surface area contributed by atoms with Crippen molar-refractivity contribution in [2.75, 3.05) is 5.43 Å². The first-order valence-electron chi connectivity index (χ1n) is 9.07. The number of benzene rings is 1. The molecule has 10 heteroatoms. The highest BCUT2D eigenvalue weighted by molar-refractivity contribution is 5.86. The van der Waals surface area contributed by atoms with Gasteiger partial charge in [-0.1, -0.05) is 36.6 Å². The third kappa shape index (κ3) is 3.98. The zero-order valence-electron chi connectivity index (χ0n) is 16.1. The average molecular weight is 392 g/mol. The maximum absolute atomic E-state index is 12.5. The highest BCUT2D eigenvalue weighted by atomic mass is 16.3. The third-order valence-corrected chi connectivity index (χ3v) is 4.41. The number of rotatable bonds is 7. The molecule has 0 unspecified atom stereocenters. The van der Waals surface area contributed by atoms with Crippen LogP contribution in [0.5, 0.6) is 5.88 Å². The Morgan fingerprint density at radius 1 is 1.34 bits per heavy atom. The molecule has 0 atom stereocenters. The number of nitrogens with zero attached hydrogens (tertiary/aromatic N) is 7. The van der Waals surface area contributed by atoms with E-state index in [-0.39, 0.29) is 23.0 Å². The largest absolute Gasteiger partial charge is 0.494 e. The summed E-state index contributed by atoms with van der Waals surface area (Å²) < 4.78 is 2.66. The van der Waals surface area contributed by atoms with Gasteiger partial charge >= 0.3 is 0 Å². The van der Waals surface area contributed by atoms with Crippen molar-refractivity contribution in [2.45, 2.75) is 33.2 Å². The average Bonchev–Trinajstić information content (AvgIpc) is 3.20. The van der Waals surface area contributed by atoms with E-state index < -0.39 is 5.56 Å². The van der Waals surface area contributed by atoms with Gasteiger partial charge in [0.05, 0.1) is 17.5 Å². The van der Waals surface area contributed by atoms with E-state index in [2.05, 4.69) is 26.1 Å². The fourth-order valence-corrected chi connectivity index (χ4v) is 2.80. The smallest absolute Gasteiger partial charge is 0.271 e. The number of para-hydroxylation sites is 1. The molecule has 0 aliphatic rings. The molecule has 3 rings (SSSR count). The molecule has 2 aromatic heterocycles. The maximum Gasteiger partial charge on any atom is 0.271 e. The molecule has 1 aromatic carbocycles. The summed E-state index contributed by atoms with van der Waals surface area (Å²) in [7, 11) is 0. The molecule has 0 aliphatic heterocycles. The van der Waals surface area contributed by atoms with Crippen LogP contribution in [0, 0.1) is 18.3 Å². The summed E-state index contributed by atoms with van der Waals surface area (Å²) in [5, 5.41) is 35.5. The third-order valence-electron chi connectivity index (χ3n) is 4.41. The molecule has 0 saturated carbocycles. The quantitative estimate of drug-likeness (QED) is 0.463. The first kappa shape index (κ1) is 19.8. The van der Waals surface area contributed by atoms with Crippen molar-refractivity contribution in [3.63, 3.8) is 0 Å². The first-order chi connectivity index (χ1) is 14.1. The molecular weight excluding hydrogens is 372 g/mol. The van der Waals surface area contributed by atoms with Gasteiger partial charge in [-0.25, -0.2) is 5.43 Å². The number of pyridine rings is 1. The molecule has 0 fully saturated rings. The Labute approximate surface area is 166 Å². The number of unbranched alkanes of at least 4 members (excludes halogenated alkanes) is 1. The summed E-state index contributed by atoms with van der Waals surface area (Å²) in [6.45, 7) is 3.89. The fourth-order valence-electron chi connectivity index (χ4n) is 2.80. The van der Waals surface area contributed by atoms with E-state index in [9.17, 15) is 15.2 Å². The Bertz CT molecular complexity index is 1130. The normalized spacial score (nSPS) is 10.9. The molecule has 3 aromatic rings. The summed E-state index contributed by atoms with van der Waals surface area (Å²) in [6, 6.07) is 11.2. The minimum Gasteiger partial charge on any atom is -0.494 e. The van der Waals surface area contributed by atoms with Crippen LogP contribution in [-0.4, -0.2) is 36.1 Å². The van der Waals surface area contributed by atoms with E-state index in [1.54, 1.807) is 6.92 Å². The lowest BCUT2D eigenvalue weighted by atomic mass is 10.1. The number of nitrogens with one attached hydrogen (secondary N) is 1. The van der Waals surface area contributed by atoms with Crippen LogP contribution in [0.15, 0.2) is 40.2 Å². The second-order valence-corrected chi connectivity index (χ2v) is 6.28. The maximum atomic E-state index is 12.5. The van der Waals surface area contributed by atoms with Crippen molar-refractivity contribution < 1.29 is 5.11 Å². The predicted octanol–water partition coefficient (Wildman–Crippen LogP) is 1.96. The van der Waals surface area contributed by atoms with Crippen molar-refractivity contribution in [1.29, 1.82) is 5.26 Å². The molecule has 29 heavy (non-hydrogen) atoms. The van der Waals surface area contributed by atoms with Gasteiger partial charge < -0.3 is 5.11 Å². The lowest BCUT2D eigenvalue weighted by Crippen LogP contribution is -2.25. The van der Waals surface area contributed by atoms with E-state index in [1.807, 2.05) is 43.3 Å². The van der Waals surface area contributed by atoms with Gasteiger partial charge in [0.25, 0.3) is 11.5 Å². The second kappa shape index (κ2) is 8.79. The van der Waals surface area contributed by atoms with Crippen LogP contribution in [0.4, 0.5) is 5.95 Å². The van der Waals surface area contributed by atoms with Gasteiger partial charge in [0, 0.05) is 6.54 Å². The van der Waals surface area contributed by atoms with E-state index >= 15 is 0 Å². The molecule has 0 spiro atoms. The Balaban J connectivity index is 1.93. The van der Waals surface area contributed by atoms with Gasteiger partial charge in [-0.15, -0.1) is 0 Å². The molecular formula is C19H20N8O2. The predicted molar refractivity (Wildman–Crippen MR) is 107 cm³/mol. The minimum absolute atomic E-state index is 0.0190. The molecule has 2 heterocycles. The van der Waals surface area contributed by atoms with E-state index in [1.165, 1.54) is 15.5 Å². The Morgan fingerprint density at radius 3 is 2.79 bits per heavy atom. The monoisotopic (exact) mass is 392 g/mol. The minimum atomic E-state index is -0.505. The topological polar surface area (TPSA) is 134 Å². The lowest BCUT2D eigenvalue weighted by Gasteiger charge is -2.13. The van der Waals surface area contributed by atoms with Gasteiger partial charge in [0.1, 0.15) is 11.6 Å². The molecule has 148 valence electrons. The summed E-state index contributed by atoms with van der Waals surface area (Å²) in [5.74, 6) is 0.0394. The van der Waals surface area contributed by atoms with Crippen molar-refractivity contribution in [2.24, 2.45) is 5.10 Å². The van der Waals surface area contributed by atoms with Crippen LogP contribution in [0.3, 0.4) is 0 Å². The van der Waals surface area contributed by atoms with E-state index in [0.717, 1.165) is 12.1 Å². The number of aromatic nitrogens is 5. The highest BCUT2D eigenvalue weighted by Crippen LogP contribution is 2.20. The molecule has 2 N–H and O–H groups in total. The van der Waals surface area contributed by atoms with Crippen LogP contribution >= 0.6 is 0 Å². The van der Waals surface area contributed by atoms with Crippen LogP contribution < -0.4 is 11.0 Å². The number of anilines is 1. The van der Waals surface area contributed by atoms with Crippen molar-refractivity contribution in [3.8, 4) is 17.6 Å². The molecule has 10 nitrogen and oxygen atoms in total. The fraction of sp³-hybridized carbons (Fsp3) is 0.263. The molecule has 0 bridgehead atoms. The zero-order valence-corrected chi connectivity index (χ0v) is 16.1. The summed E-state index contributed by atoms with van der Waals surface area (Å²) in [4.78, 5) is 12.5. The van der Waals surface area contributed by atoms with Crippen molar-refractivity contribution in [3.05, 3.63) is 57.4 Å². The van der Waals surface area contributed by atoms with Crippen LogP contribution in [-0.2, 0) is 6.54 Å². The number of hydrazone groups is 1. The highest BCUT2D eigenvalue weighted by Gasteiger charge is 2.17. The Kier molecular flexibility index (Phi) is 5.99. The lowest BCUT2D eigenvalue weighted by molar-refractivity contribution is 0.399. The van der Waals surface area contributed by atoms with Gasteiger partial charge in [-0.3, -0.25) is 9.36 Å². The number of hydrogen-bond donors (Lipinski definition) is 2. The van der Waals surface area contributed by atoms with Crippen molar-refractivity contribution in [1.82, 2.24) is 24.8 Å². The molecule has 0 aliphatic carbocycles. The zero-order chi connectivity index (χ0) is 20.8. The summed E-state index contributed by atoms with van der Waals surface area (Å²) in [5.41, 5.74) is 3.58. The van der Waals surface area contributed by atoms with Gasteiger partial charge in [0.2, 0.25) is 5.88 Å². The van der Waals surface area contributed by atoms with Gasteiger partial charge in [0.15, 0.2) is 0 Å². The Morgan fingerprint density at radius 2 is 2.10 bits per heavy atom. The molecule has 0 amide bonds. The number of tetrazole rings is 1. The van der Waals surface area contributed by atoms with Crippen LogP contribution in [0.1, 0.15) is 36.5 Å². The van der Waals surface area contributed by atoms with Crippen LogP contribution in [0.2, 0.25) is 0 Å². The van der Waals surface area contributed by atoms with E-state index in [4.69, 9.17) is 0 Å². The van der Waals surface area contributed by atoms with Crippen LogP contribution in [0.25, 0.3) is 5.69 Å². The van der Waals surface area contributed by atoms with Crippen molar-refractivity contribution >= 4 is 12.2 Å².